The van der Waals surface area contributed by atoms with Crippen LogP contribution in [0.25, 0.3) is 10.9 Å². The molecule has 0 unspecified atom stereocenters. The molecule has 0 bridgehead atoms. The molecule has 2 aromatic carbocycles. The van der Waals surface area contributed by atoms with Crippen LogP contribution < -0.4 is 0 Å². The molecular formula is C20H19F3N2O2. The normalized spacial score (nSPS) is 11.9. The van der Waals surface area contributed by atoms with Gasteiger partial charge in [-0.25, -0.2) is 0 Å². The Morgan fingerprint density at radius 2 is 1.78 bits per heavy atom. The third kappa shape index (κ3) is 4.30. The van der Waals surface area contributed by atoms with E-state index in [1.54, 1.807) is 0 Å². The van der Waals surface area contributed by atoms with Crippen molar-refractivity contribution < 1.29 is 23.1 Å². The van der Waals surface area contributed by atoms with E-state index < -0.39 is 17.7 Å². The number of halogens is 3. The second-order valence-electron chi connectivity index (χ2n) is 6.72. The fourth-order valence-electron chi connectivity index (χ4n) is 3.28. The summed E-state index contributed by atoms with van der Waals surface area (Å²) in [7, 11) is 0. The molecule has 0 amide bonds. The minimum absolute atomic E-state index is 0.128. The van der Waals surface area contributed by atoms with Crippen molar-refractivity contribution >= 4 is 16.9 Å². The Morgan fingerprint density at radius 1 is 1.11 bits per heavy atom. The molecule has 0 spiro atoms. The van der Waals surface area contributed by atoms with Crippen LogP contribution in [0.5, 0.6) is 0 Å². The Hall–Kier alpha value is -2.83. The van der Waals surface area contributed by atoms with Crippen LogP contribution in [0.2, 0.25) is 0 Å². The third-order valence-corrected chi connectivity index (χ3v) is 4.34. The van der Waals surface area contributed by atoms with Crippen LogP contribution in [0.1, 0.15) is 34.4 Å². The molecule has 0 fully saturated rings. The summed E-state index contributed by atoms with van der Waals surface area (Å²) in [6, 6.07) is 9.41. The van der Waals surface area contributed by atoms with Gasteiger partial charge in [-0.2, -0.15) is 18.3 Å². The van der Waals surface area contributed by atoms with Gasteiger partial charge in [0.25, 0.3) is 0 Å². The Balaban J connectivity index is 2.09. The monoisotopic (exact) mass is 376 g/mol. The standard InChI is InChI=1S/C20H19F3N2O2/c1-12-7-13(2)9-14(8-12)11-25-18-10-15(20(21,22)23)3-4-16(18)17(24-25)5-6-19(26)27/h3-4,7-10H,5-6,11H2,1-2H3,(H,26,27). The van der Waals surface area contributed by atoms with E-state index >= 15 is 0 Å². The van der Waals surface area contributed by atoms with Crippen LogP contribution in [-0.4, -0.2) is 20.9 Å². The molecule has 0 saturated heterocycles. The summed E-state index contributed by atoms with van der Waals surface area (Å²) in [6.45, 7) is 4.23. The molecule has 3 aromatic rings. The lowest BCUT2D eigenvalue weighted by atomic mass is 10.1. The topological polar surface area (TPSA) is 55.1 Å². The van der Waals surface area contributed by atoms with Gasteiger partial charge in [-0.15, -0.1) is 0 Å². The van der Waals surface area contributed by atoms with Crippen molar-refractivity contribution in [2.75, 3.05) is 0 Å². The van der Waals surface area contributed by atoms with E-state index in [0.717, 1.165) is 28.8 Å². The largest absolute Gasteiger partial charge is 0.481 e. The van der Waals surface area contributed by atoms with Crippen LogP contribution >= 0.6 is 0 Å². The first-order chi connectivity index (χ1) is 12.6. The molecule has 0 aliphatic heterocycles. The van der Waals surface area contributed by atoms with Gasteiger partial charge in [0, 0.05) is 11.8 Å². The van der Waals surface area contributed by atoms with E-state index in [-0.39, 0.29) is 12.8 Å². The lowest BCUT2D eigenvalue weighted by molar-refractivity contribution is -0.138. The van der Waals surface area contributed by atoms with E-state index in [1.807, 2.05) is 32.0 Å². The lowest BCUT2D eigenvalue weighted by Gasteiger charge is -2.09. The number of carboxylic acid groups (broad SMARTS) is 1. The maximum absolute atomic E-state index is 13.1. The zero-order chi connectivity index (χ0) is 19.8. The van der Waals surface area contributed by atoms with Gasteiger partial charge in [-0.05, 0) is 31.5 Å². The highest BCUT2D eigenvalue weighted by Crippen LogP contribution is 2.32. The summed E-state index contributed by atoms with van der Waals surface area (Å²) in [6.07, 6.45) is -4.42. The number of carboxylic acids is 1. The Morgan fingerprint density at radius 3 is 2.37 bits per heavy atom. The number of carbonyl (C=O) groups is 1. The number of rotatable bonds is 5. The number of aromatic nitrogens is 2. The first-order valence-corrected chi connectivity index (χ1v) is 8.49. The molecule has 1 heterocycles. The second-order valence-corrected chi connectivity index (χ2v) is 6.72. The van der Waals surface area contributed by atoms with Gasteiger partial charge < -0.3 is 5.11 Å². The molecule has 0 radical (unpaired) electrons. The summed E-state index contributed by atoms with van der Waals surface area (Å²) < 4.78 is 40.9. The number of fused-ring (bicyclic) bond motifs is 1. The van der Waals surface area contributed by atoms with E-state index in [9.17, 15) is 18.0 Å². The quantitative estimate of drug-likeness (QED) is 0.700. The molecule has 27 heavy (non-hydrogen) atoms. The zero-order valence-corrected chi connectivity index (χ0v) is 15.0. The molecule has 0 aliphatic rings. The summed E-state index contributed by atoms with van der Waals surface area (Å²) in [5.74, 6) is -0.973. The molecule has 3 rings (SSSR count). The number of hydrogen-bond acceptors (Lipinski definition) is 2. The Bertz CT molecular complexity index is 986. The van der Waals surface area contributed by atoms with Crippen molar-refractivity contribution in [2.24, 2.45) is 0 Å². The van der Waals surface area contributed by atoms with Gasteiger partial charge in [-0.1, -0.05) is 35.4 Å². The second kappa shape index (κ2) is 7.06. The van der Waals surface area contributed by atoms with Crippen molar-refractivity contribution in [1.82, 2.24) is 9.78 Å². The summed E-state index contributed by atoms with van der Waals surface area (Å²) >= 11 is 0. The fourth-order valence-corrected chi connectivity index (χ4v) is 3.28. The van der Waals surface area contributed by atoms with Crippen LogP contribution in [-0.2, 0) is 23.9 Å². The molecule has 142 valence electrons. The van der Waals surface area contributed by atoms with Crippen molar-refractivity contribution in [3.63, 3.8) is 0 Å². The number of aliphatic carboxylic acids is 1. The highest BCUT2D eigenvalue weighted by Gasteiger charge is 2.31. The number of aryl methyl sites for hydroxylation is 3. The van der Waals surface area contributed by atoms with Gasteiger partial charge in [0.2, 0.25) is 0 Å². The third-order valence-electron chi connectivity index (χ3n) is 4.34. The first kappa shape index (κ1) is 18.9. The Labute approximate surface area is 154 Å². The number of hydrogen-bond donors (Lipinski definition) is 1. The van der Waals surface area contributed by atoms with Crippen molar-refractivity contribution in [3.8, 4) is 0 Å². The van der Waals surface area contributed by atoms with Gasteiger partial charge in [0.15, 0.2) is 0 Å². The highest BCUT2D eigenvalue weighted by atomic mass is 19.4. The predicted octanol–water partition coefficient (Wildman–Crippen LogP) is 4.74. The molecule has 0 saturated carbocycles. The van der Waals surface area contributed by atoms with E-state index in [2.05, 4.69) is 5.10 Å². The maximum Gasteiger partial charge on any atom is 0.416 e. The fraction of sp³-hybridized carbons (Fsp3) is 0.300. The molecule has 1 N–H and O–H groups in total. The summed E-state index contributed by atoms with van der Waals surface area (Å²) in [4.78, 5) is 10.9. The van der Waals surface area contributed by atoms with Crippen molar-refractivity contribution in [1.29, 1.82) is 0 Å². The van der Waals surface area contributed by atoms with E-state index in [4.69, 9.17) is 5.11 Å². The minimum Gasteiger partial charge on any atom is -0.481 e. The highest BCUT2D eigenvalue weighted by molar-refractivity contribution is 5.83. The average molecular weight is 376 g/mol. The number of alkyl halides is 3. The van der Waals surface area contributed by atoms with Gasteiger partial charge in [0.05, 0.1) is 29.7 Å². The smallest absolute Gasteiger partial charge is 0.416 e. The van der Waals surface area contributed by atoms with Crippen LogP contribution in [0.4, 0.5) is 13.2 Å². The summed E-state index contributed by atoms with van der Waals surface area (Å²) in [5, 5.41) is 13.9. The van der Waals surface area contributed by atoms with Crippen LogP contribution in [0.3, 0.4) is 0 Å². The molecule has 7 heteroatoms. The number of nitrogens with zero attached hydrogens (tertiary/aromatic N) is 2. The zero-order valence-electron chi connectivity index (χ0n) is 15.0. The minimum atomic E-state index is -4.45. The van der Waals surface area contributed by atoms with Crippen LogP contribution in [0.15, 0.2) is 36.4 Å². The summed E-state index contributed by atoms with van der Waals surface area (Å²) in [5.41, 5.74) is 3.14. The van der Waals surface area contributed by atoms with E-state index in [1.165, 1.54) is 10.7 Å². The van der Waals surface area contributed by atoms with Crippen molar-refractivity contribution in [3.05, 3.63) is 64.3 Å². The van der Waals surface area contributed by atoms with Gasteiger partial charge in [-0.3, -0.25) is 9.48 Å². The first-order valence-electron chi connectivity index (χ1n) is 8.49. The van der Waals surface area contributed by atoms with E-state index in [0.29, 0.717) is 23.1 Å². The number of benzene rings is 2. The van der Waals surface area contributed by atoms with Crippen LogP contribution in [0, 0.1) is 13.8 Å². The molecule has 4 nitrogen and oxygen atoms in total. The maximum atomic E-state index is 13.1. The average Bonchev–Trinajstić information content (AvgIpc) is 2.88. The van der Waals surface area contributed by atoms with Crippen molar-refractivity contribution in [2.45, 2.75) is 39.4 Å². The lowest BCUT2D eigenvalue weighted by Crippen LogP contribution is -2.06. The molecule has 0 aliphatic carbocycles. The molecule has 1 aromatic heterocycles. The van der Waals surface area contributed by atoms with Gasteiger partial charge in [0.1, 0.15) is 0 Å². The molecule has 0 atom stereocenters. The predicted molar refractivity (Wildman–Crippen MR) is 95.7 cm³/mol. The SMILES string of the molecule is Cc1cc(C)cc(Cn2nc(CCC(=O)O)c3ccc(C(F)(F)F)cc32)c1. The Kier molecular flexibility index (Phi) is 4.95. The van der Waals surface area contributed by atoms with Gasteiger partial charge >= 0.3 is 12.1 Å². The molecular weight excluding hydrogens is 357 g/mol.